The first-order valence-corrected chi connectivity index (χ1v) is 12.5. The monoisotopic (exact) mass is 590 g/mol. The molecule has 0 bridgehead atoms. The average molecular weight is 593 g/mol. The van der Waals surface area contributed by atoms with Crippen LogP contribution in [0.4, 0.5) is 0 Å². The topological polar surface area (TPSA) is 33.7 Å². The second-order valence-corrected chi connectivity index (χ2v) is 9.03. The summed E-state index contributed by atoms with van der Waals surface area (Å²) in [5, 5.41) is 4.09. The Kier molecular flexibility index (Phi) is 13.4. The molecule has 7 heteroatoms. The van der Waals surface area contributed by atoms with E-state index in [-0.39, 0.29) is 0 Å². The fourth-order valence-corrected chi connectivity index (χ4v) is 3.60. The molecular formula is C22H29Br3N2O2. The normalized spacial score (nSPS) is 16.8. The summed E-state index contributed by atoms with van der Waals surface area (Å²) >= 11 is 10.2. The molecule has 2 saturated heterocycles. The van der Waals surface area contributed by atoms with Crippen molar-refractivity contribution in [3.05, 3.63) is 68.6 Å². The average Bonchev–Trinajstić information content (AvgIpc) is 2.79. The van der Waals surface area contributed by atoms with Crippen LogP contribution in [0, 0.1) is 0 Å². The summed E-state index contributed by atoms with van der Waals surface area (Å²) < 4.78 is 12.6. The SMILES string of the molecule is BrCc1ccc(Br)cc1.Brc1ccc(CN2CCOCC2)cc1.C1COCCN1. The molecule has 4 nitrogen and oxygen atoms in total. The van der Waals surface area contributed by atoms with Crippen LogP contribution in [-0.4, -0.2) is 57.5 Å². The number of hydrogen-bond acceptors (Lipinski definition) is 4. The standard InChI is InChI=1S/C11H14BrNO.C7H6Br2.C4H9NO/c12-11-3-1-10(2-4-11)9-13-5-7-14-8-6-13;8-5-6-1-3-7(9)4-2-6;1-3-6-4-2-5-1/h1-4H,5-9H2;1-4H,5H2;5H,1-4H2. The zero-order chi connectivity index (χ0) is 20.7. The first kappa shape index (κ1) is 25.0. The van der Waals surface area contributed by atoms with Gasteiger partial charge in [-0.3, -0.25) is 4.90 Å². The number of rotatable bonds is 3. The Morgan fingerprint density at radius 3 is 1.62 bits per heavy atom. The Balaban J connectivity index is 0.000000171. The van der Waals surface area contributed by atoms with Crippen LogP contribution in [0.1, 0.15) is 11.1 Å². The Morgan fingerprint density at radius 2 is 1.21 bits per heavy atom. The summed E-state index contributed by atoms with van der Waals surface area (Å²) in [6, 6.07) is 16.8. The number of ether oxygens (including phenoxy) is 2. The van der Waals surface area contributed by atoms with E-state index in [1.807, 2.05) is 12.1 Å². The number of nitrogens with zero attached hydrogens (tertiary/aromatic N) is 1. The van der Waals surface area contributed by atoms with Gasteiger partial charge >= 0.3 is 0 Å². The number of alkyl halides is 1. The molecule has 2 aliphatic rings. The quantitative estimate of drug-likeness (QED) is 0.495. The van der Waals surface area contributed by atoms with E-state index in [1.54, 1.807) is 0 Å². The summed E-state index contributed by atoms with van der Waals surface area (Å²) in [7, 11) is 0. The Hall–Kier alpha value is -0.280. The van der Waals surface area contributed by atoms with Crippen LogP contribution in [0.3, 0.4) is 0 Å². The van der Waals surface area contributed by atoms with Crippen LogP contribution in [0.15, 0.2) is 57.5 Å². The minimum atomic E-state index is 0.872. The molecule has 0 spiro atoms. The third-order valence-corrected chi connectivity index (χ3v) is 6.04. The zero-order valence-corrected chi connectivity index (χ0v) is 21.3. The number of nitrogens with one attached hydrogen (secondary N) is 1. The lowest BCUT2D eigenvalue weighted by Gasteiger charge is -2.26. The highest BCUT2D eigenvalue weighted by molar-refractivity contribution is 9.10. The maximum Gasteiger partial charge on any atom is 0.0594 e. The van der Waals surface area contributed by atoms with Crippen molar-refractivity contribution in [2.45, 2.75) is 11.9 Å². The van der Waals surface area contributed by atoms with Gasteiger partial charge in [-0.15, -0.1) is 0 Å². The highest BCUT2D eigenvalue weighted by Crippen LogP contribution is 2.13. The van der Waals surface area contributed by atoms with Gasteiger partial charge in [-0.05, 0) is 35.4 Å². The van der Waals surface area contributed by atoms with E-state index >= 15 is 0 Å². The van der Waals surface area contributed by atoms with Crippen molar-refractivity contribution in [2.24, 2.45) is 0 Å². The Bertz CT molecular complexity index is 647. The maximum absolute atomic E-state index is 5.31. The molecule has 2 fully saturated rings. The lowest BCUT2D eigenvalue weighted by Crippen LogP contribution is -2.35. The van der Waals surface area contributed by atoms with Crippen LogP contribution in [0.2, 0.25) is 0 Å². The molecule has 0 amide bonds. The summed E-state index contributed by atoms with van der Waals surface area (Å²) in [6.45, 7) is 8.72. The fourth-order valence-electron chi connectivity index (χ4n) is 2.70. The minimum Gasteiger partial charge on any atom is -0.379 e. The molecule has 0 atom stereocenters. The summed E-state index contributed by atoms with van der Waals surface area (Å²) in [6.07, 6.45) is 0. The van der Waals surface area contributed by atoms with Gasteiger partial charge in [0.2, 0.25) is 0 Å². The van der Waals surface area contributed by atoms with Crippen LogP contribution >= 0.6 is 47.8 Å². The maximum atomic E-state index is 5.31. The molecule has 1 N–H and O–H groups in total. The van der Waals surface area contributed by atoms with E-state index in [9.17, 15) is 0 Å². The molecule has 160 valence electrons. The fraction of sp³-hybridized carbons (Fsp3) is 0.455. The van der Waals surface area contributed by atoms with E-state index in [1.165, 1.54) is 11.1 Å². The summed E-state index contributed by atoms with van der Waals surface area (Å²) in [5.41, 5.74) is 2.67. The molecule has 0 aromatic heterocycles. The second-order valence-electron chi connectivity index (χ2n) is 6.64. The second kappa shape index (κ2) is 15.5. The Morgan fingerprint density at radius 1 is 0.724 bits per heavy atom. The van der Waals surface area contributed by atoms with Crippen molar-refractivity contribution >= 4 is 47.8 Å². The van der Waals surface area contributed by atoms with E-state index in [0.717, 1.165) is 73.4 Å². The van der Waals surface area contributed by atoms with Crippen LogP contribution in [-0.2, 0) is 21.3 Å². The van der Waals surface area contributed by atoms with Crippen molar-refractivity contribution < 1.29 is 9.47 Å². The summed E-state index contributed by atoms with van der Waals surface area (Å²) in [5.74, 6) is 0. The minimum absolute atomic E-state index is 0.872. The summed E-state index contributed by atoms with van der Waals surface area (Å²) in [4.78, 5) is 2.42. The van der Waals surface area contributed by atoms with Crippen LogP contribution in [0.25, 0.3) is 0 Å². The highest BCUT2D eigenvalue weighted by Gasteiger charge is 2.10. The van der Waals surface area contributed by atoms with Gasteiger partial charge in [0.15, 0.2) is 0 Å². The molecule has 2 aromatic carbocycles. The molecule has 29 heavy (non-hydrogen) atoms. The molecular weight excluding hydrogens is 564 g/mol. The van der Waals surface area contributed by atoms with Gasteiger partial charge in [0.05, 0.1) is 26.4 Å². The lowest BCUT2D eigenvalue weighted by molar-refractivity contribution is 0.0342. The molecule has 0 unspecified atom stereocenters. The van der Waals surface area contributed by atoms with Gasteiger partial charge < -0.3 is 14.8 Å². The first-order chi connectivity index (χ1) is 14.2. The van der Waals surface area contributed by atoms with Gasteiger partial charge in [-0.1, -0.05) is 72.1 Å². The largest absolute Gasteiger partial charge is 0.379 e. The van der Waals surface area contributed by atoms with E-state index in [4.69, 9.17) is 9.47 Å². The van der Waals surface area contributed by atoms with Crippen molar-refractivity contribution in [1.29, 1.82) is 0 Å². The van der Waals surface area contributed by atoms with Gasteiger partial charge in [0.1, 0.15) is 0 Å². The van der Waals surface area contributed by atoms with E-state index in [0.29, 0.717) is 0 Å². The van der Waals surface area contributed by atoms with Gasteiger partial charge in [0, 0.05) is 47.0 Å². The molecule has 0 aliphatic carbocycles. The Labute approximate surface area is 199 Å². The molecule has 2 heterocycles. The molecule has 2 aromatic rings. The molecule has 2 aliphatic heterocycles. The third-order valence-electron chi connectivity index (χ3n) is 4.34. The highest BCUT2D eigenvalue weighted by atomic mass is 79.9. The number of halogens is 3. The van der Waals surface area contributed by atoms with Crippen molar-refractivity contribution in [2.75, 3.05) is 52.6 Å². The van der Waals surface area contributed by atoms with Gasteiger partial charge in [0.25, 0.3) is 0 Å². The van der Waals surface area contributed by atoms with Crippen LogP contribution in [0.5, 0.6) is 0 Å². The first-order valence-electron chi connectivity index (χ1n) is 9.81. The van der Waals surface area contributed by atoms with Crippen LogP contribution < -0.4 is 5.32 Å². The van der Waals surface area contributed by atoms with Gasteiger partial charge in [-0.25, -0.2) is 0 Å². The molecule has 0 saturated carbocycles. The van der Waals surface area contributed by atoms with Gasteiger partial charge in [-0.2, -0.15) is 0 Å². The van der Waals surface area contributed by atoms with Crippen molar-refractivity contribution in [3.8, 4) is 0 Å². The van der Waals surface area contributed by atoms with Crippen molar-refractivity contribution in [1.82, 2.24) is 10.2 Å². The lowest BCUT2D eigenvalue weighted by atomic mass is 10.2. The van der Waals surface area contributed by atoms with E-state index < -0.39 is 0 Å². The van der Waals surface area contributed by atoms with Crippen molar-refractivity contribution in [3.63, 3.8) is 0 Å². The number of benzene rings is 2. The molecule has 4 rings (SSSR count). The number of morpholine rings is 2. The third kappa shape index (κ3) is 11.6. The molecule has 0 radical (unpaired) electrons. The number of hydrogen-bond donors (Lipinski definition) is 1. The predicted molar refractivity (Wildman–Crippen MR) is 131 cm³/mol. The smallest absolute Gasteiger partial charge is 0.0594 e. The zero-order valence-electron chi connectivity index (χ0n) is 16.6. The van der Waals surface area contributed by atoms with E-state index in [2.05, 4.69) is 94.4 Å². The predicted octanol–water partition coefficient (Wildman–Crippen LogP) is 5.23.